The van der Waals surface area contributed by atoms with Crippen LogP contribution in [0.25, 0.3) is 0 Å². The Morgan fingerprint density at radius 3 is 2.58 bits per heavy atom. The lowest BCUT2D eigenvalue weighted by Crippen LogP contribution is -3.15. The highest BCUT2D eigenvalue weighted by molar-refractivity contribution is 5.91. The third-order valence-electron chi connectivity index (χ3n) is 3.92. The van der Waals surface area contributed by atoms with Gasteiger partial charge in [0.25, 0.3) is 11.8 Å². The van der Waals surface area contributed by atoms with Crippen molar-refractivity contribution in [3.63, 3.8) is 0 Å². The van der Waals surface area contributed by atoms with Crippen LogP contribution in [-0.2, 0) is 9.59 Å². The van der Waals surface area contributed by atoms with E-state index in [9.17, 15) is 14.4 Å². The smallest absolute Gasteiger partial charge is 0.289 e. The molecule has 24 heavy (non-hydrogen) atoms. The number of hydrogen-bond acceptors (Lipinski definition) is 4. The summed E-state index contributed by atoms with van der Waals surface area (Å²) in [5, 5.41) is 5.34. The van der Waals surface area contributed by atoms with Gasteiger partial charge in [-0.1, -0.05) is 6.92 Å². The van der Waals surface area contributed by atoms with Gasteiger partial charge in [0.2, 0.25) is 5.91 Å². The molecule has 1 aromatic heterocycles. The molecule has 0 radical (unpaired) electrons. The van der Waals surface area contributed by atoms with Crippen molar-refractivity contribution in [1.82, 2.24) is 15.5 Å². The van der Waals surface area contributed by atoms with Gasteiger partial charge in [-0.15, -0.1) is 0 Å². The second kappa shape index (κ2) is 9.07. The number of carbonyl (C=O) groups is 3. The fraction of sp³-hybridized carbons (Fsp3) is 0.562. The second-order valence-corrected chi connectivity index (χ2v) is 5.82. The Labute approximate surface area is 141 Å². The molecule has 0 spiro atoms. The summed E-state index contributed by atoms with van der Waals surface area (Å²) >= 11 is 0. The maximum atomic E-state index is 12.2. The van der Waals surface area contributed by atoms with Crippen LogP contribution in [0.3, 0.4) is 0 Å². The van der Waals surface area contributed by atoms with E-state index in [1.54, 1.807) is 17.0 Å². The van der Waals surface area contributed by atoms with Gasteiger partial charge in [-0.2, -0.15) is 0 Å². The average molecular weight is 337 g/mol. The Kier molecular flexibility index (Phi) is 6.80. The van der Waals surface area contributed by atoms with E-state index < -0.39 is 0 Å². The van der Waals surface area contributed by atoms with Crippen LogP contribution in [0.5, 0.6) is 0 Å². The number of amides is 3. The molecule has 0 unspecified atom stereocenters. The van der Waals surface area contributed by atoms with Crippen LogP contribution in [-0.4, -0.2) is 68.4 Å². The molecule has 0 aromatic carbocycles. The van der Waals surface area contributed by atoms with Gasteiger partial charge in [-0.05, 0) is 18.6 Å². The number of nitrogens with zero attached hydrogens (tertiary/aromatic N) is 1. The maximum absolute atomic E-state index is 12.2. The van der Waals surface area contributed by atoms with Gasteiger partial charge >= 0.3 is 0 Å². The number of furan rings is 1. The first-order valence-electron chi connectivity index (χ1n) is 8.30. The highest BCUT2D eigenvalue weighted by atomic mass is 16.3. The Hall–Kier alpha value is -2.35. The Balaban J connectivity index is 1.66. The molecule has 0 saturated carbocycles. The third kappa shape index (κ3) is 5.38. The van der Waals surface area contributed by atoms with Crippen molar-refractivity contribution in [2.75, 3.05) is 45.8 Å². The van der Waals surface area contributed by atoms with Gasteiger partial charge < -0.3 is 24.9 Å². The molecule has 8 heteroatoms. The first kappa shape index (κ1) is 18.0. The molecule has 0 atom stereocenters. The maximum Gasteiger partial charge on any atom is 0.289 e. The minimum atomic E-state index is -0.172. The second-order valence-electron chi connectivity index (χ2n) is 5.82. The van der Waals surface area contributed by atoms with Crippen LogP contribution < -0.4 is 15.5 Å². The van der Waals surface area contributed by atoms with E-state index in [0.717, 1.165) is 11.3 Å². The summed E-state index contributed by atoms with van der Waals surface area (Å²) < 4.78 is 5.12. The fourth-order valence-corrected chi connectivity index (χ4v) is 2.55. The highest BCUT2D eigenvalue weighted by Crippen LogP contribution is 2.05. The number of nitrogens with one attached hydrogen (secondary N) is 3. The predicted octanol–water partition coefficient (Wildman–Crippen LogP) is -1.74. The molecule has 1 aromatic rings. The van der Waals surface area contributed by atoms with Crippen molar-refractivity contribution in [3.8, 4) is 0 Å². The molecule has 132 valence electrons. The number of carbonyl (C=O) groups excluding carboxylic acids is 3. The van der Waals surface area contributed by atoms with Crippen molar-refractivity contribution >= 4 is 17.7 Å². The number of rotatable bonds is 7. The molecule has 2 rings (SSSR count). The molecular weight excluding hydrogens is 312 g/mol. The molecule has 1 aliphatic heterocycles. The number of quaternary nitrogens is 1. The predicted molar refractivity (Wildman–Crippen MR) is 86.5 cm³/mol. The van der Waals surface area contributed by atoms with Gasteiger partial charge in [-0.3, -0.25) is 14.4 Å². The Morgan fingerprint density at radius 2 is 1.96 bits per heavy atom. The SMILES string of the molecule is CCCNC(=O)CNC(=O)C[NH+]1CCN(C(=O)c2ccco2)CC1. The van der Waals surface area contributed by atoms with Gasteiger partial charge in [0.05, 0.1) is 39.0 Å². The molecule has 0 bridgehead atoms. The summed E-state index contributed by atoms with van der Waals surface area (Å²) in [6, 6.07) is 3.34. The Morgan fingerprint density at radius 1 is 1.21 bits per heavy atom. The van der Waals surface area contributed by atoms with Gasteiger partial charge in [0.15, 0.2) is 12.3 Å². The van der Waals surface area contributed by atoms with Gasteiger partial charge in [0, 0.05) is 6.54 Å². The van der Waals surface area contributed by atoms with E-state index in [1.807, 2.05) is 6.92 Å². The van der Waals surface area contributed by atoms with E-state index in [1.165, 1.54) is 6.26 Å². The number of piperazine rings is 1. The van der Waals surface area contributed by atoms with Gasteiger partial charge in [0.1, 0.15) is 0 Å². The lowest BCUT2D eigenvalue weighted by atomic mass is 10.3. The van der Waals surface area contributed by atoms with Crippen molar-refractivity contribution in [3.05, 3.63) is 24.2 Å². The van der Waals surface area contributed by atoms with Crippen LogP contribution in [0.4, 0.5) is 0 Å². The van der Waals surface area contributed by atoms with Crippen LogP contribution in [0.1, 0.15) is 23.9 Å². The van der Waals surface area contributed by atoms with Crippen molar-refractivity contribution < 1.29 is 23.7 Å². The van der Waals surface area contributed by atoms with Crippen molar-refractivity contribution in [2.45, 2.75) is 13.3 Å². The zero-order chi connectivity index (χ0) is 17.4. The summed E-state index contributed by atoms with van der Waals surface area (Å²) in [6.07, 6.45) is 2.35. The minimum absolute atomic E-state index is 0.00914. The number of hydrogen-bond donors (Lipinski definition) is 3. The molecule has 8 nitrogen and oxygen atoms in total. The Bertz CT molecular complexity index is 550. The summed E-state index contributed by atoms with van der Waals surface area (Å²) in [5.74, 6) is -0.0955. The highest BCUT2D eigenvalue weighted by Gasteiger charge is 2.27. The summed E-state index contributed by atoms with van der Waals surface area (Å²) in [7, 11) is 0. The molecule has 1 saturated heterocycles. The van der Waals surface area contributed by atoms with Crippen molar-refractivity contribution in [2.24, 2.45) is 0 Å². The van der Waals surface area contributed by atoms with E-state index in [2.05, 4.69) is 10.6 Å². The van der Waals surface area contributed by atoms with Crippen LogP contribution in [0, 0.1) is 0 Å². The zero-order valence-electron chi connectivity index (χ0n) is 14.0. The normalized spacial score (nSPS) is 15.1. The van der Waals surface area contributed by atoms with E-state index in [-0.39, 0.29) is 24.3 Å². The molecule has 3 amide bonds. The zero-order valence-corrected chi connectivity index (χ0v) is 14.0. The van der Waals surface area contributed by atoms with E-state index >= 15 is 0 Å². The fourth-order valence-electron chi connectivity index (χ4n) is 2.55. The van der Waals surface area contributed by atoms with E-state index in [0.29, 0.717) is 45.0 Å². The minimum Gasteiger partial charge on any atom is -0.459 e. The first-order valence-corrected chi connectivity index (χ1v) is 8.30. The first-order chi connectivity index (χ1) is 11.6. The van der Waals surface area contributed by atoms with E-state index in [4.69, 9.17) is 4.42 Å². The van der Waals surface area contributed by atoms with Crippen LogP contribution in [0.2, 0.25) is 0 Å². The lowest BCUT2D eigenvalue weighted by Gasteiger charge is -2.31. The molecular formula is C16H25N4O4+. The standard InChI is InChI=1S/C16H24N4O4/c1-2-5-17-14(21)11-18-15(22)12-19-6-8-20(9-7-19)16(23)13-4-3-10-24-13/h3-4,10H,2,5-9,11-12H2,1H3,(H,17,21)(H,18,22)/p+1. The monoisotopic (exact) mass is 337 g/mol. The summed E-state index contributed by atoms with van der Waals surface area (Å²) in [4.78, 5) is 38.3. The van der Waals surface area contributed by atoms with Gasteiger partial charge in [-0.25, -0.2) is 0 Å². The molecule has 2 heterocycles. The summed E-state index contributed by atoms with van der Waals surface area (Å²) in [6.45, 7) is 5.46. The topological polar surface area (TPSA) is 96.1 Å². The average Bonchev–Trinajstić information content (AvgIpc) is 3.12. The largest absolute Gasteiger partial charge is 0.459 e. The molecule has 1 fully saturated rings. The third-order valence-corrected chi connectivity index (χ3v) is 3.92. The van der Waals surface area contributed by atoms with Crippen LogP contribution >= 0.6 is 0 Å². The van der Waals surface area contributed by atoms with Crippen molar-refractivity contribution in [1.29, 1.82) is 0 Å². The molecule has 0 aliphatic carbocycles. The van der Waals surface area contributed by atoms with Crippen LogP contribution in [0.15, 0.2) is 22.8 Å². The molecule has 1 aliphatic rings. The quantitative estimate of drug-likeness (QED) is 0.550. The summed E-state index contributed by atoms with van der Waals surface area (Å²) in [5.41, 5.74) is 0. The molecule has 3 N–H and O–H groups in total. The lowest BCUT2D eigenvalue weighted by molar-refractivity contribution is -0.896.